The van der Waals surface area contributed by atoms with E-state index in [9.17, 15) is 13.2 Å². The zero-order valence-electron chi connectivity index (χ0n) is 14.5. The molecule has 0 radical (unpaired) electrons. The van der Waals surface area contributed by atoms with E-state index in [1.54, 1.807) is 6.92 Å². The first-order valence-electron chi connectivity index (χ1n) is 7.80. The molecule has 0 aromatic heterocycles. The lowest BCUT2D eigenvalue weighted by Crippen LogP contribution is -2.36. The lowest BCUT2D eigenvalue weighted by molar-refractivity contribution is 0.0696. The minimum atomic E-state index is -3.87. The Morgan fingerprint density at radius 1 is 1.29 bits per heavy atom. The van der Waals surface area contributed by atoms with E-state index in [1.165, 1.54) is 25.3 Å². The van der Waals surface area contributed by atoms with Crippen LogP contribution in [0.25, 0.3) is 0 Å². The van der Waals surface area contributed by atoms with Gasteiger partial charge in [0.2, 0.25) is 10.0 Å². The molecule has 7 nitrogen and oxygen atoms in total. The van der Waals surface area contributed by atoms with Crippen LogP contribution < -0.4 is 10.0 Å². The third kappa shape index (κ3) is 6.10. The molecule has 0 aliphatic rings. The van der Waals surface area contributed by atoms with Gasteiger partial charge >= 0.3 is 5.97 Å². The Balaban J connectivity index is 3.14. The molecule has 0 spiro atoms. The number of hydrogen-bond donors (Lipinski definition) is 3. The Kier molecular flexibility index (Phi) is 7.65. The Morgan fingerprint density at radius 3 is 2.50 bits per heavy atom. The number of carboxylic acid groups (broad SMARTS) is 1. The van der Waals surface area contributed by atoms with Crippen molar-refractivity contribution in [1.82, 2.24) is 4.72 Å². The van der Waals surface area contributed by atoms with E-state index in [0.29, 0.717) is 18.2 Å². The van der Waals surface area contributed by atoms with Crippen LogP contribution in [0, 0.1) is 5.92 Å². The van der Waals surface area contributed by atoms with Gasteiger partial charge in [0.05, 0.1) is 17.9 Å². The van der Waals surface area contributed by atoms with E-state index in [2.05, 4.69) is 23.9 Å². The number of hydrogen-bond acceptors (Lipinski definition) is 5. The fourth-order valence-corrected chi connectivity index (χ4v) is 3.57. The number of sulfonamides is 1. The zero-order valence-corrected chi connectivity index (χ0v) is 15.3. The fraction of sp³-hybridized carbons (Fsp3) is 0.562. The summed E-state index contributed by atoms with van der Waals surface area (Å²) in [5.74, 6) is -0.708. The van der Waals surface area contributed by atoms with E-state index in [1.807, 2.05) is 0 Å². The molecule has 1 aromatic carbocycles. The number of carbonyl (C=O) groups is 1. The minimum absolute atomic E-state index is 0.0749. The number of ether oxygens (including phenoxy) is 1. The maximum Gasteiger partial charge on any atom is 0.335 e. The summed E-state index contributed by atoms with van der Waals surface area (Å²) in [7, 11) is -2.39. The Labute approximate surface area is 143 Å². The van der Waals surface area contributed by atoms with Gasteiger partial charge in [-0.3, -0.25) is 0 Å². The predicted molar refractivity (Wildman–Crippen MR) is 93.0 cm³/mol. The molecular formula is C16H26N2O5S. The molecule has 0 amide bonds. The van der Waals surface area contributed by atoms with Crippen molar-refractivity contribution in [2.24, 2.45) is 5.92 Å². The van der Waals surface area contributed by atoms with Gasteiger partial charge in [-0.1, -0.05) is 13.8 Å². The van der Waals surface area contributed by atoms with Crippen molar-refractivity contribution in [3.05, 3.63) is 23.8 Å². The molecule has 1 rings (SSSR count). The summed E-state index contributed by atoms with van der Waals surface area (Å²) in [6.45, 7) is 6.63. The average molecular weight is 358 g/mol. The van der Waals surface area contributed by atoms with Crippen LogP contribution in [-0.2, 0) is 14.8 Å². The number of benzene rings is 1. The van der Waals surface area contributed by atoms with Gasteiger partial charge in [0.15, 0.2) is 0 Å². The predicted octanol–water partition coefficient (Wildman–Crippen LogP) is 2.16. The first kappa shape index (κ1) is 20.4. The molecule has 136 valence electrons. The lowest BCUT2D eigenvalue weighted by atomic mass is 10.1. The first-order valence-corrected chi connectivity index (χ1v) is 9.28. The van der Waals surface area contributed by atoms with E-state index >= 15 is 0 Å². The van der Waals surface area contributed by atoms with Crippen LogP contribution in [-0.4, -0.2) is 45.8 Å². The monoisotopic (exact) mass is 358 g/mol. The zero-order chi connectivity index (χ0) is 18.3. The van der Waals surface area contributed by atoms with Gasteiger partial charge in [-0.15, -0.1) is 0 Å². The smallest absolute Gasteiger partial charge is 0.335 e. The maximum atomic E-state index is 12.6. The number of anilines is 1. The molecule has 1 aromatic rings. The van der Waals surface area contributed by atoms with Crippen molar-refractivity contribution in [2.45, 2.75) is 38.1 Å². The largest absolute Gasteiger partial charge is 0.478 e. The van der Waals surface area contributed by atoms with Crippen LogP contribution in [0.3, 0.4) is 0 Å². The van der Waals surface area contributed by atoms with Crippen molar-refractivity contribution >= 4 is 21.7 Å². The van der Waals surface area contributed by atoms with E-state index < -0.39 is 22.0 Å². The number of nitrogens with one attached hydrogen (secondary N) is 2. The highest BCUT2D eigenvalue weighted by Gasteiger charge is 2.22. The molecule has 0 aliphatic carbocycles. The number of carboxylic acids is 1. The molecule has 0 saturated carbocycles. The molecule has 1 unspecified atom stereocenters. The Morgan fingerprint density at radius 2 is 1.96 bits per heavy atom. The van der Waals surface area contributed by atoms with Crippen LogP contribution >= 0.6 is 0 Å². The van der Waals surface area contributed by atoms with Crippen LogP contribution in [0.4, 0.5) is 5.69 Å². The lowest BCUT2D eigenvalue weighted by Gasteiger charge is -2.17. The summed E-state index contributed by atoms with van der Waals surface area (Å²) in [5.41, 5.74) is 0.307. The van der Waals surface area contributed by atoms with Crippen molar-refractivity contribution in [3.8, 4) is 0 Å². The van der Waals surface area contributed by atoms with Crippen molar-refractivity contribution < 1.29 is 23.1 Å². The SMILES string of the molecule is COCC(C)NS(=O)(=O)c1cc(C(=O)O)ccc1NCCC(C)C. The average Bonchev–Trinajstić information content (AvgIpc) is 2.46. The third-order valence-corrected chi connectivity index (χ3v) is 4.96. The van der Waals surface area contributed by atoms with Gasteiger partial charge in [0, 0.05) is 19.7 Å². The number of methoxy groups -OCH3 is 1. The van der Waals surface area contributed by atoms with E-state index in [4.69, 9.17) is 9.84 Å². The van der Waals surface area contributed by atoms with Gasteiger partial charge in [-0.2, -0.15) is 0 Å². The van der Waals surface area contributed by atoms with Gasteiger partial charge in [-0.05, 0) is 37.5 Å². The van der Waals surface area contributed by atoms with Gasteiger partial charge in [-0.25, -0.2) is 17.9 Å². The highest BCUT2D eigenvalue weighted by atomic mass is 32.2. The molecule has 1 atom stereocenters. The first-order chi connectivity index (χ1) is 11.2. The topological polar surface area (TPSA) is 105 Å². The third-order valence-electron chi connectivity index (χ3n) is 3.33. The van der Waals surface area contributed by atoms with Crippen LogP contribution in [0.1, 0.15) is 37.6 Å². The fourth-order valence-electron chi connectivity index (χ4n) is 2.13. The second-order valence-corrected chi connectivity index (χ2v) is 7.79. The molecule has 0 bridgehead atoms. The van der Waals surface area contributed by atoms with Gasteiger partial charge in [0.25, 0.3) is 0 Å². The Hall–Kier alpha value is -1.64. The summed E-state index contributed by atoms with van der Waals surface area (Å²) in [4.78, 5) is 11.1. The number of aromatic carboxylic acids is 1. The molecular weight excluding hydrogens is 332 g/mol. The molecule has 0 heterocycles. The second kappa shape index (κ2) is 9.00. The summed E-state index contributed by atoms with van der Waals surface area (Å²) in [6.07, 6.45) is 0.869. The van der Waals surface area contributed by atoms with Crippen molar-refractivity contribution in [1.29, 1.82) is 0 Å². The maximum absolute atomic E-state index is 12.6. The molecule has 3 N–H and O–H groups in total. The highest BCUT2D eigenvalue weighted by Crippen LogP contribution is 2.23. The van der Waals surface area contributed by atoms with Crippen LogP contribution in [0.2, 0.25) is 0 Å². The standard InChI is InChI=1S/C16H26N2O5S/c1-11(2)7-8-17-14-6-5-13(16(19)20)9-15(14)24(21,22)18-12(3)10-23-4/h5-6,9,11-12,17-18H,7-8,10H2,1-4H3,(H,19,20). The van der Waals surface area contributed by atoms with Crippen molar-refractivity contribution in [3.63, 3.8) is 0 Å². The normalized spacial score (nSPS) is 13.0. The number of rotatable bonds is 10. The van der Waals surface area contributed by atoms with E-state index in [-0.39, 0.29) is 17.1 Å². The molecule has 24 heavy (non-hydrogen) atoms. The highest BCUT2D eigenvalue weighted by molar-refractivity contribution is 7.89. The van der Waals surface area contributed by atoms with Crippen molar-refractivity contribution in [2.75, 3.05) is 25.6 Å². The quantitative estimate of drug-likeness (QED) is 0.592. The summed E-state index contributed by atoms with van der Waals surface area (Å²) in [5, 5.41) is 12.2. The summed E-state index contributed by atoms with van der Waals surface area (Å²) < 4.78 is 32.6. The van der Waals surface area contributed by atoms with E-state index in [0.717, 1.165) is 6.42 Å². The van der Waals surface area contributed by atoms with Crippen LogP contribution in [0.15, 0.2) is 23.1 Å². The van der Waals surface area contributed by atoms with Gasteiger partial charge < -0.3 is 15.2 Å². The van der Waals surface area contributed by atoms with Gasteiger partial charge in [0.1, 0.15) is 4.90 Å². The molecule has 0 fully saturated rings. The molecule has 0 saturated heterocycles. The summed E-state index contributed by atoms with van der Waals surface area (Å²) >= 11 is 0. The summed E-state index contributed by atoms with van der Waals surface area (Å²) in [6, 6.07) is 3.61. The second-order valence-electron chi connectivity index (χ2n) is 6.10. The minimum Gasteiger partial charge on any atom is -0.478 e. The van der Waals surface area contributed by atoms with Crippen LogP contribution in [0.5, 0.6) is 0 Å². The molecule has 0 aliphatic heterocycles. The Bertz CT molecular complexity index is 658. The molecule has 8 heteroatoms.